The highest BCUT2D eigenvalue weighted by molar-refractivity contribution is 7.89. The molecule has 1 aliphatic rings. The van der Waals surface area contributed by atoms with E-state index in [2.05, 4.69) is 27.8 Å². The molecule has 0 radical (unpaired) electrons. The number of sulfonamides is 1. The maximum absolute atomic E-state index is 13.3. The average molecular weight is 449 g/mol. The van der Waals surface area contributed by atoms with Gasteiger partial charge in [0.1, 0.15) is 0 Å². The molecule has 4 nitrogen and oxygen atoms in total. The Morgan fingerprint density at radius 3 is 2.13 bits per heavy atom. The highest BCUT2D eigenvalue weighted by atomic mass is 35.5. The van der Waals surface area contributed by atoms with E-state index in [1.807, 2.05) is 55.6 Å². The molecule has 0 fully saturated rings. The Hall–Kier alpha value is -2.86. The highest BCUT2D eigenvalue weighted by Crippen LogP contribution is 2.48. The molecule has 1 aliphatic carbocycles. The van der Waals surface area contributed by atoms with Crippen LogP contribution in [0.2, 0.25) is 5.02 Å². The van der Waals surface area contributed by atoms with Crippen LogP contribution >= 0.6 is 11.6 Å². The third-order valence-corrected chi connectivity index (χ3v) is 7.63. The minimum Gasteiger partial charge on any atom is -0.366 e. The SMILES string of the molecule is CN(c1ccccc1)[C@H]1c2cccc3cccc(c23)[C@H]1NS(=O)(=O)c1ccc(Cl)cc1. The van der Waals surface area contributed by atoms with E-state index >= 15 is 0 Å². The van der Waals surface area contributed by atoms with E-state index in [1.165, 1.54) is 12.1 Å². The molecular formula is C25H21ClN2O2S. The summed E-state index contributed by atoms with van der Waals surface area (Å²) in [5, 5.41) is 2.72. The topological polar surface area (TPSA) is 49.4 Å². The number of hydrogen-bond acceptors (Lipinski definition) is 3. The molecule has 4 aromatic rings. The summed E-state index contributed by atoms with van der Waals surface area (Å²) in [5.41, 5.74) is 3.12. The minimum absolute atomic E-state index is 0.189. The van der Waals surface area contributed by atoms with Gasteiger partial charge in [-0.2, -0.15) is 0 Å². The van der Waals surface area contributed by atoms with Crippen molar-refractivity contribution in [2.24, 2.45) is 0 Å². The van der Waals surface area contributed by atoms with E-state index in [9.17, 15) is 8.42 Å². The Labute approximate surface area is 187 Å². The normalized spacial score (nSPS) is 17.7. The van der Waals surface area contributed by atoms with Gasteiger partial charge in [0.2, 0.25) is 10.0 Å². The van der Waals surface area contributed by atoms with Crippen LogP contribution in [0, 0.1) is 0 Å². The molecular weight excluding hydrogens is 428 g/mol. The van der Waals surface area contributed by atoms with Crippen LogP contribution in [0.15, 0.2) is 95.9 Å². The van der Waals surface area contributed by atoms with Crippen molar-refractivity contribution in [1.82, 2.24) is 4.72 Å². The van der Waals surface area contributed by atoms with Gasteiger partial charge in [-0.3, -0.25) is 0 Å². The fourth-order valence-electron chi connectivity index (χ4n) is 4.49. The lowest BCUT2D eigenvalue weighted by molar-refractivity contribution is 0.505. The second-order valence-corrected chi connectivity index (χ2v) is 9.89. The highest BCUT2D eigenvalue weighted by Gasteiger charge is 2.39. The van der Waals surface area contributed by atoms with Gasteiger partial charge in [0, 0.05) is 17.8 Å². The number of nitrogens with one attached hydrogen (secondary N) is 1. The van der Waals surface area contributed by atoms with Gasteiger partial charge in [0.15, 0.2) is 0 Å². The molecule has 0 saturated heterocycles. The fourth-order valence-corrected chi connectivity index (χ4v) is 5.83. The van der Waals surface area contributed by atoms with E-state index in [-0.39, 0.29) is 10.9 Å². The third kappa shape index (κ3) is 3.49. The Bertz CT molecular complexity index is 1350. The fraction of sp³-hybridized carbons (Fsp3) is 0.120. The largest absolute Gasteiger partial charge is 0.366 e. The number of anilines is 1. The predicted octanol–water partition coefficient (Wildman–Crippen LogP) is 5.70. The van der Waals surface area contributed by atoms with Crippen LogP contribution < -0.4 is 9.62 Å². The molecule has 0 spiro atoms. The van der Waals surface area contributed by atoms with Crippen LogP contribution in [-0.2, 0) is 10.0 Å². The van der Waals surface area contributed by atoms with Crippen molar-refractivity contribution in [2.45, 2.75) is 17.0 Å². The molecule has 0 bridgehead atoms. The van der Waals surface area contributed by atoms with Crippen LogP contribution in [0.1, 0.15) is 23.2 Å². The summed E-state index contributed by atoms with van der Waals surface area (Å²) in [5.74, 6) is 0. The zero-order chi connectivity index (χ0) is 21.6. The summed E-state index contributed by atoms with van der Waals surface area (Å²) < 4.78 is 29.6. The van der Waals surface area contributed by atoms with Crippen molar-refractivity contribution in [2.75, 3.05) is 11.9 Å². The zero-order valence-electron chi connectivity index (χ0n) is 16.9. The molecule has 0 aliphatic heterocycles. The molecule has 156 valence electrons. The van der Waals surface area contributed by atoms with E-state index in [1.54, 1.807) is 12.1 Å². The van der Waals surface area contributed by atoms with Crippen molar-refractivity contribution >= 4 is 38.1 Å². The van der Waals surface area contributed by atoms with Crippen LogP contribution in [0.4, 0.5) is 5.69 Å². The van der Waals surface area contributed by atoms with Crippen LogP contribution in [0.25, 0.3) is 10.8 Å². The molecule has 0 amide bonds. The first kappa shape index (κ1) is 20.1. The van der Waals surface area contributed by atoms with Gasteiger partial charge in [-0.15, -0.1) is 0 Å². The lowest BCUT2D eigenvalue weighted by Crippen LogP contribution is -2.37. The summed E-state index contributed by atoms with van der Waals surface area (Å²) in [7, 11) is -1.75. The third-order valence-electron chi connectivity index (χ3n) is 5.93. The maximum Gasteiger partial charge on any atom is 0.241 e. The molecule has 0 aromatic heterocycles. The molecule has 2 atom stereocenters. The molecule has 31 heavy (non-hydrogen) atoms. The first-order chi connectivity index (χ1) is 15.0. The number of nitrogens with zero attached hydrogens (tertiary/aromatic N) is 1. The van der Waals surface area contributed by atoms with E-state index in [0.29, 0.717) is 5.02 Å². The van der Waals surface area contributed by atoms with Gasteiger partial charge in [0.05, 0.1) is 17.0 Å². The first-order valence-corrected chi connectivity index (χ1v) is 11.9. The van der Waals surface area contributed by atoms with Crippen molar-refractivity contribution < 1.29 is 8.42 Å². The minimum atomic E-state index is -3.76. The Kier molecular flexibility index (Phi) is 4.97. The van der Waals surface area contributed by atoms with Gasteiger partial charge in [-0.25, -0.2) is 13.1 Å². The van der Waals surface area contributed by atoms with Gasteiger partial charge >= 0.3 is 0 Å². The molecule has 0 heterocycles. The van der Waals surface area contributed by atoms with Gasteiger partial charge in [0.25, 0.3) is 0 Å². The lowest BCUT2D eigenvalue weighted by atomic mass is 10.0. The maximum atomic E-state index is 13.3. The average Bonchev–Trinajstić information content (AvgIpc) is 3.09. The summed E-state index contributed by atoms with van der Waals surface area (Å²) in [6, 6.07) is 27.9. The zero-order valence-corrected chi connectivity index (χ0v) is 18.4. The predicted molar refractivity (Wildman–Crippen MR) is 126 cm³/mol. The monoisotopic (exact) mass is 448 g/mol. The van der Waals surface area contributed by atoms with Crippen LogP contribution in [0.3, 0.4) is 0 Å². The summed E-state index contributed by atoms with van der Waals surface area (Å²) >= 11 is 5.96. The van der Waals surface area contributed by atoms with Gasteiger partial charge in [-0.1, -0.05) is 66.2 Å². The molecule has 4 aromatic carbocycles. The molecule has 5 rings (SSSR count). The first-order valence-electron chi connectivity index (χ1n) is 10.0. The Morgan fingerprint density at radius 1 is 0.806 bits per heavy atom. The van der Waals surface area contributed by atoms with Crippen LogP contribution in [0.5, 0.6) is 0 Å². The quantitative estimate of drug-likeness (QED) is 0.425. The van der Waals surface area contributed by atoms with Crippen molar-refractivity contribution in [1.29, 1.82) is 0 Å². The van der Waals surface area contributed by atoms with Crippen molar-refractivity contribution in [3.8, 4) is 0 Å². The van der Waals surface area contributed by atoms with Crippen LogP contribution in [-0.4, -0.2) is 15.5 Å². The molecule has 1 N–H and O–H groups in total. The van der Waals surface area contributed by atoms with Crippen molar-refractivity contribution in [3.05, 3.63) is 107 Å². The summed E-state index contributed by atoms with van der Waals surface area (Å²) in [6.07, 6.45) is 0. The molecule has 6 heteroatoms. The van der Waals surface area contributed by atoms with E-state index in [4.69, 9.17) is 11.6 Å². The number of para-hydroxylation sites is 1. The van der Waals surface area contributed by atoms with Crippen molar-refractivity contribution in [3.63, 3.8) is 0 Å². The smallest absolute Gasteiger partial charge is 0.241 e. The summed E-state index contributed by atoms with van der Waals surface area (Å²) in [4.78, 5) is 2.34. The van der Waals surface area contributed by atoms with E-state index in [0.717, 1.165) is 27.6 Å². The Balaban J connectivity index is 1.63. The molecule has 0 saturated carbocycles. The molecule has 0 unspecified atom stereocenters. The number of hydrogen-bond donors (Lipinski definition) is 1. The standard InChI is InChI=1S/C25H21ClN2O2S/c1-28(19-9-3-2-4-10-19)25-22-12-6-8-17-7-5-11-21(23(17)22)24(25)27-31(29,30)20-15-13-18(26)14-16-20/h2-16,24-25,27H,1H3/t24-,25+/m1/s1. The number of halogens is 1. The number of likely N-dealkylation sites (N-methyl/N-ethyl adjacent to an activating group) is 1. The number of benzene rings is 4. The number of rotatable bonds is 5. The second-order valence-electron chi connectivity index (χ2n) is 7.74. The summed E-state index contributed by atoms with van der Waals surface area (Å²) in [6.45, 7) is 0. The van der Waals surface area contributed by atoms with Gasteiger partial charge in [-0.05, 0) is 58.3 Å². The van der Waals surface area contributed by atoms with Gasteiger partial charge < -0.3 is 4.90 Å². The Morgan fingerprint density at radius 2 is 1.45 bits per heavy atom. The second kappa shape index (κ2) is 7.68. The van der Waals surface area contributed by atoms with E-state index < -0.39 is 16.1 Å². The lowest BCUT2D eigenvalue weighted by Gasteiger charge is -2.33.